The predicted molar refractivity (Wildman–Crippen MR) is 84.2 cm³/mol. The first-order valence-electron chi connectivity index (χ1n) is 7.27. The largest absolute Gasteiger partial charge is 0.353 e. The highest BCUT2D eigenvalue weighted by Crippen LogP contribution is 2.27. The predicted octanol–water partition coefficient (Wildman–Crippen LogP) is 3.08. The van der Waals surface area contributed by atoms with Gasteiger partial charge in [0.1, 0.15) is 11.6 Å². The van der Waals surface area contributed by atoms with Gasteiger partial charge in [0.05, 0.1) is 5.69 Å². The molecule has 1 fully saturated rings. The molecule has 1 aromatic rings. The zero-order valence-corrected chi connectivity index (χ0v) is 13.3. The fraction of sp³-hybridized carbons (Fsp3) is 0.667. The van der Waals surface area contributed by atoms with Crippen LogP contribution < -0.4 is 4.90 Å². The average molecular weight is 290 g/mol. The minimum atomic E-state index is 0.637. The molecule has 2 rings (SSSR count). The second-order valence-electron chi connectivity index (χ2n) is 5.24. The zero-order chi connectivity index (χ0) is 14.5. The van der Waals surface area contributed by atoms with Crippen LogP contribution in [-0.4, -0.2) is 34.3 Å². The Morgan fingerprint density at radius 3 is 2.85 bits per heavy atom. The third-order valence-corrected chi connectivity index (χ3v) is 5.07. The van der Waals surface area contributed by atoms with Crippen LogP contribution >= 0.6 is 11.8 Å². The Labute approximate surface area is 125 Å². The molecule has 4 nitrogen and oxygen atoms in total. The van der Waals surface area contributed by atoms with Crippen molar-refractivity contribution in [1.82, 2.24) is 10.2 Å². The van der Waals surface area contributed by atoms with Gasteiger partial charge in [0.15, 0.2) is 5.82 Å². The number of thioether (sulfide) groups is 1. The summed E-state index contributed by atoms with van der Waals surface area (Å²) in [4.78, 5) is 2.26. The van der Waals surface area contributed by atoms with E-state index < -0.39 is 0 Å². The number of rotatable bonds is 3. The molecular weight excluding hydrogens is 268 g/mol. The van der Waals surface area contributed by atoms with Crippen molar-refractivity contribution in [3.63, 3.8) is 0 Å². The van der Waals surface area contributed by atoms with Crippen LogP contribution in [0.5, 0.6) is 0 Å². The van der Waals surface area contributed by atoms with Gasteiger partial charge in [-0.05, 0) is 38.0 Å². The number of hydrogen-bond acceptors (Lipinski definition) is 5. The van der Waals surface area contributed by atoms with E-state index in [0.29, 0.717) is 10.8 Å². The lowest BCUT2D eigenvalue weighted by Crippen LogP contribution is -2.31. The first-order chi connectivity index (χ1) is 9.67. The molecule has 0 amide bonds. The summed E-state index contributed by atoms with van der Waals surface area (Å²) in [5.74, 6) is 1.92. The summed E-state index contributed by atoms with van der Waals surface area (Å²) in [5, 5.41) is 18.6. The molecule has 1 atom stereocenters. The number of aryl methyl sites for hydroxylation is 1. The molecule has 5 heteroatoms. The lowest BCUT2D eigenvalue weighted by molar-refractivity contribution is 0.735. The molecule has 1 aliphatic heterocycles. The molecule has 1 unspecified atom stereocenters. The van der Waals surface area contributed by atoms with Gasteiger partial charge in [-0.2, -0.15) is 22.1 Å². The SMILES string of the molecule is CCSC1CCCCN(c2nnc(C)c(C)c2C#N)C1. The van der Waals surface area contributed by atoms with E-state index in [1.165, 1.54) is 19.3 Å². The van der Waals surface area contributed by atoms with Gasteiger partial charge >= 0.3 is 0 Å². The standard InChI is InChI=1S/C15H22N4S/c1-4-20-13-7-5-6-8-19(10-13)15-14(9-16)11(2)12(3)17-18-15/h13H,4-8,10H2,1-3H3. The minimum absolute atomic E-state index is 0.637. The number of nitriles is 1. The van der Waals surface area contributed by atoms with Gasteiger partial charge in [-0.15, -0.1) is 5.10 Å². The summed E-state index contributed by atoms with van der Waals surface area (Å²) in [6.07, 6.45) is 3.68. The lowest BCUT2D eigenvalue weighted by Gasteiger charge is -2.26. The van der Waals surface area contributed by atoms with E-state index in [9.17, 15) is 5.26 Å². The van der Waals surface area contributed by atoms with Crippen LogP contribution in [0.2, 0.25) is 0 Å². The van der Waals surface area contributed by atoms with Crippen molar-refractivity contribution >= 4 is 17.6 Å². The van der Waals surface area contributed by atoms with Crippen LogP contribution in [0.15, 0.2) is 0 Å². The maximum Gasteiger partial charge on any atom is 0.169 e. The lowest BCUT2D eigenvalue weighted by atomic mass is 10.1. The Balaban J connectivity index is 2.30. The number of hydrogen-bond donors (Lipinski definition) is 0. The summed E-state index contributed by atoms with van der Waals surface area (Å²) in [5.41, 5.74) is 2.50. The third kappa shape index (κ3) is 3.24. The quantitative estimate of drug-likeness (QED) is 0.856. The van der Waals surface area contributed by atoms with Gasteiger partial charge in [-0.1, -0.05) is 13.3 Å². The summed E-state index contributed by atoms with van der Waals surface area (Å²) in [6, 6.07) is 2.32. The summed E-state index contributed by atoms with van der Waals surface area (Å²) in [6.45, 7) is 8.03. The van der Waals surface area contributed by atoms with Crippen LogP contribution in [0.3, 0.4) is 0 Å². The second-order valence-corrected chi connectivity index (χ2v) is 6.82. The Bertz CT molecular complexity index is 509. The highest BCUT2D eigenvalue weighted by Gasteiger charge is 2.23. The highest BCUT2D eigenvalue weighted by molar-refractivity contribution is 7.99. The molecule has 0 radical (unpaired) electrons. The van der Waals surface area contributed by atoms with Crippen LogP contribution in [0, 0.1) is 25.2 Å². The van der Waals surface area contributed by atoms with E-state index in [4.69, 9.17) is 0 Å². The monoisotopic (exact) mass is 290 g/mol. The van der Waals surface area contributed by atoms with Gasteiger partial charge < -0.3 is 4.90 Å². The molecule has 20 heavy (non-hydrogen) atoms. The number of nitrogens with zero attached hydrogens (tertiary/aromatic N) is 4. The highest BCUT2D eigenvalue weighted by atomic mass is 32.2. The van der Waals surface area contributed by atoms with Gasteiger partial charge in [0.25, 0.3) is 0 Å². The topological polar surface area (TPSA) is 52.8 Å². The third-order valence-electron chi connectivity index (χ3n) is 3.88. The Hall–Kier alpha value is -1.28. The maximum atomic E-state index is 9.44. The summed E-state index contributed by atoms with van der Waals surface area (Å²) < 4.78 is 0. The molecule has 0 spiro atoms. The fourth-order valence-corrected chi connectivity index (χ4v) is 3.71. The molecule has 1 aromatic heterocycles. The van der Waals surface area contributed by atoms with Gasteiger partial charge in [0.2, 0.25) is 0 Å². The Kier molecular flexibility index (Phi) is 5.24. The van der Waals surface area contributed by atoms with Crippen molar-refractivity contribution in [1.29, 1.82) is 5.26 Å². The normalized spacial score (nSPS) is 19.5. The smallest absolute Gasteiger partial charge is 0.169 e. The molecule has 0 saturated carbocycles. The molecular formula is C15H22N4S. The van der Waals surface area contributed by atoms with Crippen LogP contribution in [-0.2, 0) is 0 Å². The van der Waals surface area contributed by atoms with E-state index in [1.54, 1.807) is 0 Å². The minimum Gasteiger partial charge on any atom is -0.353 e. The van der Waals surface area contributed by atoms with E-state index in [0.717, 1.165) is 35.9 Å². The molecule has 2 heterocycles. The van der Waals surface area contributed by atoms with Crippen molar-refractivity contribution in [3.8, 4) is 6.07 Å². The first-order valence-corrected chi connectivity index (χ1v) is 8.32. The van der Waals surface area contributed by atoms with Crippen molar-refractivity contribution in [2.45, 2.75) is 45.3 Å². The first kappa shape index (κ1) is 15.1. The molecule has 0 N–H and O–H groups in total. The zero-order valence-electron chi connectivity index (χ0n) is 12.5. The average Bonchev–Trinajstić information content (AvgIpc) is 2.67. The van der Waals surface area contributed by atoms with Crippen molar-refractivity contribution in [2.75, 3.05) is 23.7 Å². The Morgan fingerprint density at radius 1 is 1.35 bits per heavy atom. The Morgan fingerprint density at radius 2 is 2.15 bits per heavy atom. The summed E-state index contributed by atoms with van der Waals surface area (Å²) in [7, 11) is 0. The van der Waals surface area contributed by atoms with E-state index in [-0.39, 0.29) is 0 Å². The van der Waals surface area contributed by atoms with Gasteiger partial charge in [-0.25, -0.2) is 0 Å². The van der Waals surface area contributed by atoms with Crippen molar-refractivity contribution in [3.05, 3.63) is 16.8 Å². The molecule has 0 aliphatic carbocycles. The van der Waals surface area contributed by atoms with E-state index in [1.807, 2.05) is 25.6 Å². The molecule has 108 valence electrons. The van der Waals surface area contributed by atoms with Crippen LogP contribution in [0.1, 0.15) is 43.0 Å². The van der Waals surface area contributed by atoms with Crippen LogP contribution in [0.25, 0.3) is 0 Å². The van der Waals surface area contributed by atoms with Gasteiger partial charge in [0, 0.05) is 18.3 Å². The van der Waals surface area contributed by atoms with Crippen molar-refractivity contribution in [2.24, 2.45) is 0 Å². The fourth-order valence-electron chi connectivity index (χ4n) is 2.62. The molecule has 1 saturated heterocycles. The van der Waals surface area contributed by atoms with E-state index in [2.05, 4.69) is 28.1 Å². The second kappa shape index (κ2) is 6.94. The number of aromatic nitrogens is 2. The molecule has 0 aromatic carbocycles. The van der Waals surface area contributed by atoms with Gasteiger partial charge in [-0.3, -0.25) is 0 Å². The molecule has 1 aliphatic rings. The summed E-state index contributed by atoms with van der Waals surface area (Å²) >= 11 is 2.01. The van der Waals surface area contributed by atoms with Crippen molar-refractivity contribution < 1.29 is 0 Å². The number of anilines is 1. The molecule has 0 bridgehead atoms. The van der Waals surface area contributed by atoms with Crippen LogP contribution in [0.4, 0.5) is 5.82 Å². The van der Waals surface area contributed by atoms with E-state index >= 15 is 0 Å². The maximum absolute atomic E-state index is 9.44.